The molecule has 3 rings (SSSR count). The Morgan fingerprint density at radius 2 is 2.19 bits per heavy atom. The third kappa shape index (κ3) is 2.54. The molecule has 2 unspecified atom stereocenters. The van der Waals surface area contributed by atoms with Crippen LogP contribution in [-0.4, -0.2) is 23.3 Å². The lowest BCUT2D eigenvalue weighted by molar-refractivity contribution is -0.139. The van der Waals surface area contributed by atoms with Crippen molar-refractivity contribution in [2.24, 2.45) is 23.2 Å². The van der Waals surface area contributed by atoms with E-state index >= 15 is 0 Å². The number of cyclic esters (lactones) is 1. The minimum absolute atomic E-state index is 0.0242. The molecule has 0 aromatic carbocycles. The minimum atomic E-state index is -0.212. The van der Waals surface area contributed by atoms with E-state index in [9.17, 15) is 9.90 Å². The lowest BCUT2D eigenvalue weighted by Gasteiger charge is -2.45. The Kier molecular flexibility index (Phi) is 3.89. The van der Waals surface area contributed by atoms with Crippen LogP contribution in [0.3, 0.4) is 0 Å². The van der Waals surface area contributed by atoms with Gasteiger partial charge < -0.3 is 9.84 Å². The van der Waals surface area contributed by atoms with Gasteiger partial charge >= 0.3 is 5.97 Å². The molecule has 0 bridgehead atoms. The van der Waals surface area contributed by atoms with Crippen molar-refractivity contribution in [2.45, 2.75) is 71.0 Å². The van der Waals surface area contributed by atoms with Crippen LogP contribution in [0.5, 0.6) is 0 Å². The van der Waals surface area contributed by atoms with Crippen LogP contribution in [0.1, 0.15) is 58.8 Å². The predicted molar refractivity (Wildman–Crippen MR) is 81.6 cm³/mol. The fourth-order valence-electron chi connectivity index (χ4n) is 5.47. The standard InChI is InChI=1S/C18H28O3/c1-11(9-13-10-12(2)17(20)21-13)14-6-7-15-16(19)5-4-8-18(14,15)3/h11,13-16,19H,2,4-10H2,1,3H3/t11-,13+,14-,15?,16?,18-/m1/s1. The summed E-state index contributed by atoms with van der Waals surface area (Å²) in [5.74, 6) is 1.44. The fraction of sp³-hybridized carbons (Fsp3) is 0.833. The van der Waals surface area contributed by atoms with Crippen LogP contribution < -0.4 is 0 Å². The molecule has 6 atom stereocenters. The minimum Gasteiger partial charge on any atom is -0.459 e. The van der Waals surface area contributed by atoms with Crippen LogP contribution in [0.2, 0.25) is 0 Å². The van der Waals surface area contributed by atoms with E-state index in [0.29, 0.717) is 29.7 Å². The molecular formula is C18H28O3. The highest BCUT2D eigenvalue weighted by Crippen LogP contribution is 2.58. The van der Waals surface area contributed by atoms with E-state index in [4.69, 9.17) is 4.74 Å². The third-order valence-corrected chi connectivity index (χ3v) is 6.52. The summed E-state index contributed by atoms with van der Waals surface area (Å²) in [6.45, 7) is 8.45. The number of carbonyl (C=O) groups excluding carboxylic acids is 1. The van der Waals surface area contributed by atoms with E-state index in [2.05, 4.69) is 20.4 Å². The predicted octanol–water partition coefficient (Wildman–Crippen LogP) is 3.46. The largest absolute Gasteiger partial charge is 0.459 e. The number of hydrogen-bond acceptors (Lipinski definition) is 3. The molecule has 1 saturated heterocycles. The van der Waals surface area contributed by atoms with E-state index in [1.54, 1.807) is 0 Å². The lowest BCUT2D eigenvalue weighted by Crippen LogP contribution is -2.41. The van der Waals surface area contributed by atoms with Crippen molar-refractivity contribution in [3.63, 3.8) is 0 Å². The average Bonchev–Trinajstić information content (AvgIpc) is 2.91. The second kappa shape index (κ2) is 5.42. The Bertz CT molecular complexity index is 428. The van der Waals surface area contributed by atoms with Crippen LogP contribution in [0, 0.1) is 23.2 Å². The number of rotatable bonds is 3. The van der Waals surface area contributed by atoms with Gasteiger partial charge in [0.1, 0.15) is 6.10 Å². The molecule has 3 fully saturated rings. The van der Waals surface area contributed by atoms with Crippen molar-refractivity contribution >= 4 is 5.97 Å². The van der Waals surface area contributed by atoms with Crippen LogP contribution in [-0.2, 0) is 9.53 Å². The molecular weight excluding hydrogens is 264 g/mol. The summed E-state index contributed by atoms with van der Waals surface area (Å²) < 4.78 is 5.41. The van der Waals surface area contributed by atoms with Gasteiger partial charge in [0.15, 0.2) is 0 Å². The molecule has 2 aliphatic carbocycles. The molecule has 118 valence electrons. The molecule has 1 aliphatic heterocycles. The maximum atomic E-state index is 11.5. The summed E-state index contributed by atoms with van der Waals surface area (Å²) in [4.78, 5) is 11.5. The molecule has 1 N–H and O–H groups in total. The summed E-state index contributed by atoms with van der Waals surface area (Å²) in [5, 5.41) is 10.3. The van der Waals surface area contributed by atoms with Crippen molar-refractivity contribution in [1.29, 1.82) is 0 Å². The van der Waals surface area contributed by atoms with Gasteiger partial charge in [-0.25, -0.2) is 4.79 Å². The zero-order chi connectivity index (χ0) is 15.2. The zero-order valence-electron chi connectivity index (χ0n) is 13.3. The quantitative estimate of drug-likeness (QED) is 0.640. The number of fused-ring (bicyclic) bond motifs is 1. The molecule has 0 amide bonds. The average molecular weight is 292 g/mol. The van der Waals surface area contributed by atoms with Crippen molar-refractivity contribution < 1.29 is 14.6 Å². The SMILES string of the molecule is C=C1C[C@H](C[C@@H](C)[C@H]2CCC3C(O)CCC[C@@]32C)OC1=O. The first-order valence-corrected chi connectivity index (χ1v) is 8.48. The summed E-state index contributed by atoms with van der Waals surface area (Å²) >= 11 is 0. The third-order valence-electron chi connectivity index (χ3n) is 6.52. The summed E-state index contributed by atoms with van der Waals surface area (Å²) in [6, 6.07) is 0. The van der Waals surface area contributed by atoms with Crippen LogP contribution in [0.15, 0.2) is 12.2 Å². The molecule has 0 spiro atoms. The molecule has 21 heavy (non-hydrogen) atoms. The molecule has 3 heteroatoms. The van der Waals surface area contributed by atoms with E-state index in [1.807, 2.05) is 0 Å². The van der Waals surface area contributed by atoms with E-state index in [-0.39, 0.29) is 23.6 Å². The number of carbonyl (C=O) groups is 1. The van der Waals surface area contributed by atoms with Crippen molar-refractivity contribution in [1.82, 2.24) is 0 Å². The van der Waals surface area contributed by atoms with Crippen LogP contribution >= 0.6 is 0 Å². The van der Waals surface area contributed by atoms with Gasteiger partial charge in [-0.3, -0.25) is 0 Å². The second-order valence-electron chi connectivity index (χ2n) is 7.80. The van der Waals surface area contributed by atoms with Crippen LogP contribution in [0.25, 0.3) is 0 Å². The highest BCUT2D eigenvalue weighted by Gasteiger charge is 2.52. The fourth-order valence-corrected chi connectivity index (χ4v) is 5.47. The number of hydrogen-bond donors (Lipinski definition) is 1. The molecule has 2 saturated carbocycles. The van der Waals surface area contributed by atoms with Crippen molar-refractivity contribution in [3.8, 4) is 0 Å². The Hall–Kier alpha value is -0.830. The first-order chi connectivity index (χ1) is 9.91. The van der Waals surface area contributed by atoms with Gasteiger partial charge in [-0.2, -0.15) is 0 Å². The van der Waals surface area contributed by atoms with E-state index in [1.165, 1.54) is 12.8 Å². The number of aliphatic hydroxyl groups excluding tert-OH is 1. The van der Waals surface area contributed by atoms with Gasteiger partial charge in [-0.05, 0) is 55.3 Å². The summed E-state index contributed by atoms with van der Waals surface area (Å²) in [6.07, 6.45) is 7.27. The Labute approximate surface area is 127 Å². The molecule has 1 heterocycles. The van der Waals surface area contributed by atoms with Gasteiger partial charge in [0.25, 0.3) is 0 Å². The maximum Gasteiger partial charge on any atom is 0.333 e. The van der Waals surface area contributed by atoms with Crippen LogP contribution in [0.4, 0.5) is 0 Å². The lowest BCUT2D eigenvalue weighted by atomic mass is 9.61. The number of aliphatic hydroxyl groups is 1. The van der Waals surface area contributed by atoms with Gasteiger partial charge in [0, 0.05) is 12.0 Å². The summed E-state index contributed by atoms with van der Waals surface area (Å²) in [5.41, 5.74) is 0.896. The molecule has 3 nitrogen and oxygen atoms in total. The monoisotopic (exact) mass is 292 g/mol. The first kappa shape index (κ1) is 15.1. The topological polar surface area (TPSA) is 46.5 Å². The Morgan fingerprint density at radius 1 is 1.43 bits per heavy atom. The second-order valence-corrected chi connectivity index (χ2v) is 7.80. The first-order valence-electron chi connectivity index (χ1n) is 8.48. The summed E-state index contributed by atoms with van der Waals surface area (Å²) in [7, 11) is 0. The molecule has 3 aliphatic rings. The highest BCUT2D eigenvalue weighted by molar-refractivity contribution is 5.89. The van der Waals surface area contributed by atoms with Crippen molar-refractivity contribution in [3.05, 3.63) is 12.2 Å². The normalized spacial score (nSPS) is 44.5. The smallest absolute Gasteiger partial charge is 0.333 e. The Morgan fingerprint density at radius 3 is 2.86 bits per heavy atom. The zero-order valence-corrected chi connectivity index (χ0v) is 13.3. The maximum absolute atomic E-state index is 11.5. The Balaban J connectivity index is 1.66. The van der Waals surface area contributed by atoms with Gasteiger partial charge in [0.2, 0.25) is 0 Å². The molecule has 0 radical (unpaired) electrons. The molecule has 0 aromatic rings. The van der Waals surface area contributed by atoms with E-state index < -0.39 is 0 Å². The highest BCUT2D eigenvalue weighted by atomic mass is 16.5. The van der Waals surface area contributed by atoms with Gasteiger partial charge in [-0.15, -0.1) is 0 Å². The molecule has 0 aromatic heterocycles. The number of ether oxygens (including phenoxy) is 1. The van der Waals surface area contributed by atoms with Gasteiger partial charge in [-0.1, -0.05) is 26.8 Å². The number of esters is 1. The van der Waals surface area contributed by atoms with Gasteiger partial charge in [0.05, 0.1) is 6.10 Å². The van der Waals surface area contributed by atoms with Crippen molar-refractivity contribution in [2.75, 3.05) is 0 Å². The van der Waals surface area contributed by atoms with E-state index in [0.717, 1.165) is 25.7 Å².